The minimum atomic E-state index is -0.411. The number of carbonyl (C=O) groups excluding carboxylic acids is 1. The molecule has 0 radical (unpaired) electrons. The highest BCUT2D eigenvalue weighted by Gasteiger charge is 2.13. The van der Waals surface area contributed by atoms with Crippen LogP contribution in [0.5, 0.6) is 0 Å². The van der Waals surface area contributed by atoms with Gasteiger partial charge < -0.3 is 4.98 Å². The van der Waals surface area contributed by atoms with Gasteiger partial charge in [-0.2, -0.15) is 5.10 Å². The number of fused-ring (bicyclic) bond motifs is 1. The third-order valence-electron chi connectivity index (χ3n) is 3.69. The molecule has 0 aliphatic carbocycles. The lowest BCUT2D eigenvalue weighted by molar-refractivity contribution is -0.120. The van der Waals surface area contributed by atoms with Gasteiger partial charge in [-0.3, -0.25) is 9.59 Å². The fourth-order valence-electron chi connectivity index (χ4n) is 2.30. The van der Waals surface area contributed by atoms with E-state index in [1.54, 1.807) is 12.1 Å². The van der Waals surface area contributed by atoms with Crippen molar-refractivity contribution in [2.75, 3.05) is 0 Å². The average molecular weight is 358 g/mol. The SMILES string of the molecule is Cc1sc2nc(CC(=O)N/N=C\c3ccc(F)cc3)[nH]c(=O)c2c1C. The standard InChI is InChI=1S/C17H15FN4O2S/c1-9-10(2)25-17-15(9)16(24)20-13(21-17)7-14(23)22-19-8-11-3-5-12(18)6-4-11/h3-6,8H,7H2,1-2H3,(H,22,23)(H,20,21,24)/b19-8-. The Labute approximate surface area is 146 Å². The number of aromatic amines is 1. The van der Waals surface area contributed by atoms with E-state index in [4.69, 9.17) is 0 Å². The molecule has 0 unspecified atom stereocenters. The minimum Gasteiger partial charge on any atom is -0.309 e. The lowest BCUT2D eigenvalue weighted by atomic mass is 10.2. The molecular weight excluding hydrogens is 343 g/mol. The summed E-state index contributed by atoms with van der Waals surface area (Å²) in [5, 5.41) is 4.38. The van der Waals surface area contributed by atoms with Crippen LogP contribution in [0.3, 0.4) is 0 Å². The average Bonchev–Trinajstić information content (AvgIpc) is 2.84. The van der Waals surface area contributed by atoms with Crippen LogP contribution in [0.15, 0.2) is 34.2 Å². The van der Waals surface area contributed by atoms with Crippen molar-refractivity contribution in [3.8, 4) is 0 Å². The third kappa shape index (κ3) is 3.80. The maximum Gasteiger partial charge on any atom is 0.259 e. The first-order valence-corrected chi connectivity index (χ1v) is 8.32. The van der Waals surface area contributed by atoms with Crippen molar-refractivity contribution < 1.29 is 9.18 Å². The summed E-state index contributed by atoms with van der Waals surface area (Å²) >= 11 is 1.43. The predicted octanol–water partition coefficient (Wildman–Crippen LogP) is 2.43. The summed E-state index contributed by atoms with van der Waals surface area (Å²) in [7, 11) is 0. The molecule has 2 aromatic heterocycles. The summed E-state index contributed by atoms with van der Waals surface area (Å²) in [6.45, 7) is 3.80. The first-order chi connectivity index (χ1) is 11.9. The van der Waals surface area contributed by atoms with Crippen LogP contribution in [0.25, 0.3) is 10.2 Å². The number of benzene rings is 1. The number of H-pyrrole nitrogens is 1. The molecule has 3 aromatic rings. The van der Waals surface area contributed by atoms with Crippen LogP contribution in [0, 0.1) is 19.7 Å². The molecule has 8 heteroatoms. The number of nitrogens with one attached hydrogen (secondary N) is 2. The highest BCUT2D eigenvalue weighted by Crippen LogP contribution is 2.25. The van der Waals surface area contributed by atoms with E-state index in [1.165, 1.54) is 29.7 Å². The van der Waals surface area contributed by atoms with Crippen LogP contribution in [-0.2, 0) is 11.2 Å². The van der Waals surface area contributed by atoms with Crippen molar-refractivity contribution in [1.29, 1.82) is 0 Å². The number of halogens is 1. The van der Waals surface area contributed by atoms with E-state index in [-0.39, 0.29) is 23.6 Å². The summed E-state index contributed by atoms with van der Waals surface area (Å²) in [5.74, 6) is -0.468. The van der Waals surface area contributed by atoms with Crippen LogP contribution >= 0.6 is 11.3 Å². The lowest BCUT2D eigenvalue weighted by Gasteiger charge is -2.00. The summed E-state index contributed by atoms with van der Waals surface area (Å²) in [5.41, 5.74) is 3.67. The van der Waals surface area contributed by atoms with Gasteiger partial charge >= 0.3 is 0 Å². The van der Waals surface area contributed by atoms with Gasteiger partial charge in [0.2, 0.25) is 5.91 Å². The summed E-state index contributed by atoms with van der Waals surface area (Å²) in [6.07, 6.45) is 1.31. The molecule has 0 aliphatic rings. The Morgan fingerprint density at radius 1 is 1.36 bits per heavy atom. The Kier molecular flexibility index (Phi) is 4.71. The number of thiophene rings is 1. The van der Waals surface area contributed by atoms with E-state index in [0.29, 0.717) is 15.8 Å². The molecule has 0 atom stereocenters. The molecular formula is C17H15FN4O2S. The smallest absolute Gasteiger partial charge is 0.259 e. The van der Waals surface area contributed by atoms with Gasteiger partial charge in [0, 0.05) is 4.88 Å². The molecule has 0 fully saturated rings. The molecule has 128 valence electrons. The third-order valence-corrected chi connectivity index (χ3v) is 4.79. The van der Waals surface area contributed by atoms with Gasteiger partial charge in [0.1, 0.15) is 16.5 Å². The Hall–Kier alpha value is -2.87. The van der Waals surface area contributed by atoms with E-state index in [0.717, 1.165) is 10.4 Å². The number of aromatic nitrogens is 2. The van der Waals surface area contributed by atoms with Gasteiger partial charge in [0.05, 0.1) is 18.0 Å². The number of nitrogens with zero attached hydrogens (tertiary/aromatic N) is 2. The first kappa shape index (κ1) is 17.0. The van der Waals surface area contributed by atoms with Crippen molar-refractivity contribution >= 4 is 33.7 Å². The van der Waals surface area contributed by atoms with Crippen molar-refractivity contribution in [3.63, 3.8) is 0 Å². The second-order valence-corrected chi connectivity index (χ2v) is 6.70. The monoisotopic (exact) mass is 358 g/mol. The summed E-state index contributed by atoms with van der Waals surface area (Å²) < 4.78 is 12.8. The van der Waals surface area contributed by atoms with Crippen LogP contribution in [-0.4, -0.2) is 22.1 Å². The molecule has 0 aliphatic heterocycles. The maximum absolute atomic E-state index is 12.8. The van der Waals surface area contributed by atoms with Gasteiger partial charge in [0.15, 0.2) is 0 Å². The molecule has 1 amide bonds. The minimum absolute atomic E-state index is 0.0953. The molecule has 2 heterocycles. The number of hydrazone groups is 1. The Morgan fingerprint density at radius 3 is 2.80 bits per heavy atom. The van der Waals surface area contributed by atoms with Crippen molar-refractivity contribution in [3.05, 3.63) is 62.3 Å². The second kappa shape index (κ2) is 6.94. The lowest BCUT2D eigenvalue weighted by Crippen LogP contribution is -2.23. The molecule has 0 spiro atoms. The van der Waals surface area contributed by atoms with E-state index in [2.05, 4.69) is 20.5 Å². The molecule has 0 saturated heterocycles. The van der Waals surface area contributed by atoms with Gasteiger partial charge in [0.25, 0.3) is 5.56 Å². The Bertz CT molecular complexity index is 1020. The van der Waals surface area contributed by atoms with E-state index in [9.17, 15) is 14.0 Å². The quantitative estimate of drug-likeness (QED) is 0.555. The fourth-order valence-corrected chi connectivity index (χ4v) is 3.35. The van der Waals surface area contributed by atoms with Gasteiger partial charge in [-0.05, 0) is 37.1 Å². The number of rotatable bonds is 4. The molecule has 6 nitrogen and oxygen atoms in total. The molecule has 1 aromatic carbocycles. The molecule has 3 rings (SSSR count). The van der Waals surface area contributed by atoms with Gasteiger partial charge in [-0.25, -0.2) is 14.8 Å². The summed E-state index contributed by atoms with van der Waals surface area (Å²) in [6, 6.07) is 5.69. The number of hydrogen-bond acceptors (Lipinski definition) is 5. The van der Waals surface area contributed by atoms with Crippen LogP contribution in [0.2, 0.25) is 0 Å². The Morgan fingerprint density at radius 2 is 2.08 bits per heavy atom. The zero-order valence-electron chi connectivity index (χ0n) is 13.6. The largest absolute Gasteiger partial charge is 0.309 e. The van der Waals surface area contributed by atoms with E-state index >= 15 is 0 Å². The fraction of sp³-hybridized carbons (Fsp3) is 0.176. The van der Waals surface area contributed by atoms with Crippen LogP contribution in [0.4, 0.5) is 4.39 Å². The van der Waals surface area contributed by atoms with Gasteiger partial charge in [-0.1, -0.05) is 12.1 Å². The molecule has 2 N–H and O–H groups in total. The zero-order valence-corrected chi connectivity index (χ0v) is 14.4. The number of amides is 1. The summed E-state index contributed by atoms with van der Waals surface area (Å²) in [4.78, 5) is 32.7. The van der Waals surface area contributed by atoms with Crippen molar-refractivity contribution in [1.82, 2.24) is 15.4 Å². The zero-order chi connectivity index (χ0) is 18.0. The highest BCUT2D eigenvalue weighted by atomic mass is 32.1. The van der Waals surface area contributed by atoms with Crippen molar-refractivity contribution in [2.24, 2.45) is 5.10 Å². The maximum atomic E-state index is 12.8. The number of carbonyl (C=O) groups is 1. The van der Waals surface area contributed by atoms with Gasteiger partial charge in [-0.15, -0.1) is 11.3 Å². The normalized spacial score (nSPS) is 11.3. The molecule has 0 saturated carbocycles. The predicted molar refractivity (Wildman–Crippen MR) is 95.6 cm³/mol. The van der Waals surface area contributed by atoms with E-state index in [1.807, 2.05) is 13.8 Å². The van der Waals surface area contributed by atoms with Crippen LogP contribution < -0.4 is 11.0 Å². The molecule has 25 heavy (non-hydrogen) atoms. The van der Waals surface area contributed by atoms with Crippen LogP contribution in [0.1, 0.15) is 21.8 Å². The van der Waals surface area contributed by atoms with Crippen molar-refractivity contribution in [2.45, 2.75) is 20.3 Å². The highest BCUT2D eigenvalue weighted by molar-refractivity contribution is 7.18. The topological polar surface area (TPSA) is 87.2 Å². The first-order valence-electron chi connectivity index (χ1n) is 7.50. The second-order valence-electron chi connectivity index (χ2n) is 5.50. The molecule has 0 bridgehead atoms. The van der Waals surface area contributed by atoms with E-state index < -0.39 is 5.91 Å². The Balaban J connectivity index is 1.69. The number of hydrogen-bond donors (Lipinski definition) is 2. The number of aryl methyl sites for hydroxylation is 2.